The van der Waals surface area contributed by atoms with Gasteiger partial charge in [0, 0.05) is 5.56 Å². The van der Waals surface area contributed by atoms with Gasteiger partial charge in [0.15, 0.2) is 45.9 Å². The van der Waals surface area contributed by atoms with Crippen molar-refractivity contribution in [1.29, 1.82) is 0 Å². The van der Waals surface area contributed by atoms with E-state index < -0.39 is 47.3 Å². The summed E-state index contributed by atoms with van der Waals surface area (Å²) in [5.74, 6) is -0.0663. The van der Waals surface area contributed by atoms with Gasteiger partial charge in [-0.25, -0.2) is 19.7 Å². The molecule has 1 saturated heterocycles. The van der Waals surface area contributed by atoms with Crippen molar-refractivity contribution in [1.82, 2.24) is 19.5 Å². The summed E-state index contributed by atoms with van der Waals surface area (Å²) in [5.41, 5.74) is 1.28. The number of carbonyl (C=O) groups is 2. The molecule has 1 fully saturated rings. The van der Waals surface area contributed by atoms with Crippen molar-refractivity contribution < 1.29 is 32.7 Å². The number of anilines is 1. The smallest absolute Gasteiger partial charge is 0.438 e. The normalized spacial score (nSPS) is 21.1. The molecule has 4 atom stereocenters. The van der Waals surface area contributed by atoms with E-state index in [4.69, 9.17) is 23.1 Å². The minimum Gasteiger partial charge on any atom is -0.438 e. The van der Waals surface area contributed by atoms with E-state index in [1.807, 2.05) is 6.07 Å². The van der Waals surface area contributed by atoms with Gasteiger partial charge in [-0.05, 0) is 48.4 Å². The number of nitrogens with one attached hydrogen (secondary N) is 1. The molecule has 0 radical (unpaired) electrons. The number of benzene rings is 1. The van der Waals surface area contributed by atoms with E-state index >= 15 is 0 Å². The Balaban J connectivity index is 1.76. The third-order valence-electron chi connectivity index (χ3n) is 9.24. The molecule has 1 aromatic carbocycles. The highest BCUT2D eigenvalue weighted by Crippen LogP contribution is 2.44. The maximum absolute atomic E-state index is 12.9. The number of carbonyl (C=O) groups excluding carboxylic acids is 2. The molecule has 3 heterocycles. The van der Waals surface area contributed by atoms with Crippen LogP contribution in [0.4, 0.5) is 10.6 Å². The third-order valence-corrected chi connectivity index (χ3v) is 18.2. The molecule has 14 heteroatoms. The van der Waals surface area contributed by atoms with Gasteiger partial charge in [0.2, 0.25) is 0 Å². The summed E-state index contributed by atoms with van der Waals surface area (Å²) in [4.78, 5) is 38.9. The molecular weight excluding hydrogens is 611 g/mol. The average molecular weight is 658 g/mol. The van der Waals surface area contributed by atoms with Gasteiger partial charge in [0.25, 0.3) is 5.91 Å². The monoisotopic (exact) mass is 657 g/mol. The molecule has 1 N–H and O–H groups in total. The molecule has 1 aliphatic rings. The number of hydrogen-bond acceptors (Lipinski definition) is 10. The molecule has 3 aromatic rings. The first kappa shape index (κ1) is 34.7. The number of methoxy groups -OCH3 is 1. The average Bonchev–Trinajstić information content (AvgIpc) is 3.52. The van der Waals surface area contributed by atoms with Gasteiger partial charge in [-0.3, -0.25) is 9.36 Å². The quantitative estimate of drug-likeness (QED) is 0.200. The first-order valence-electron chi connectivity index (χ1n) is 15.1. The van der Waals surface area contributed by atoms with E-state index in [1.165, 1.54) is 13.4 Å². The Kier molecular flexibility index (Phi) is 9.95. The number of rotatable bonds is 9. The van der Waals surface area contributed by atoms with Crippen LogP contribution < -0.4 is 5.32 Å². The maximum Gasteiger partial charge on any atom is 0.508 e. The minimum atomic E-state index is -2.45. The van der Waals surface area contributed by atoms with E-state index in [1.54, 1.807) is 35.2 Å². The van der Waals surface area contributed by atoms with Crippen LogP contribution in [0.2, 0.25) is 36.3 Å². The lowest BCUT2D eigenvalue weighted by Gasteiger charge is -2.40. The fourth-order valence-corrected chi connectivity index (χ4v) is 6.71. The molecule has 4 rings (SSSR count). The van der Waals surface area contributed by atoms with Gasteiger partial charge in [-0.2, -0.15) is 0 Å². The van der Waals surface area contributed by atoms with Crippen LogP contribution in [0.25, 0.3) is 11.2 Å². The Morgan fingerprint density at radius 3 is 2.18 bits per heavy atom. The molecule has 1 amide bonds. The van der Waals surface area contributed by atoms with E-state index in [9.17, 15) is 9.59 Å². The predicted molar refractivity (Wildman–Crippen MR) is 176 cm³/mol. The lowest BCUT2D eigenvalue weighted by molar-refractivity contribution is -0.0520. The van der Waals surface area contributed by atoms with Gasteiger partial charge in [-0.1, -0.05) is 59.7 Å². The summed E-state index contributed by atoms with van der Waals surface area (Å²) >= 11 is 0. The first-order chi connectivity index (χ1) is 20.9. The van der Waals surface area contributed by atoms with Crippen molar-refractivity contribution in [2.45, 2.75) is 102 Å². The van der Waals surface area contributed by atoms with Crippen molar-refractivity contribution in [3.8, 4) is 0 Å². The number of imidazole rings is 1. The van der Waals surface area contributed by atoms with Crippen LogP contribution in [0.1, 0.15) is 58.1 Å². The van der Waals surface area contributed by atoms with Crippen molar-refractivity contribution in [2.75, 3.05) is 19.0 Å². The molecule has 12 nitrogen and oxygen atoms in total. The zero-order valence-electron chi connectivity index (χ0n) is 28.2. The number of hydrogen-bond donors (Lipinski definition) is 1. The van der Waals surface area contributed by atoms with E-state index in [0.29, 0.717) is 16.7 Å². The topological polar surface area (TPSA) is 136 Å². The SMILES string of the molecule is COC(=O)OC1C(CO[Si](C)(C)C(C)(C)C)OC(n2cnc3c(NC(=O)c4ccccc4)ncnc32)C1O[Si](C)(C)C(C)(C)C. The van der Waals surface area contributed by atoms with Gasteiger partial charge in [-0.15, -0.1) is 0 Å². The van der Waals surface area contributed by atoms with Crippen LogP contribution in [0.15, 0.2) is 43.0 Å². The van der Waals surface area contributed by atoms with Gasteiger partial charge >= 0.3 is 6.16 Å². The van der Waals surface area contributed by atoms with Crippen LogP contribution in [0.5, 0.6) is 0 Å². The summed E-state index contributed by atoms with van der Waals surface area (Å²) < 4.78 is 32.8. The highest BCUT2D eigenvalue weighted by molar-refractivity contribution is 6.74. The lowest BCUT2D eigenvalue weighted by Crippen LogP contribution is -2.50. The zero-order valence-corrected chi connectivity index (χ0v) is 30.2. The number of amides is 1. The number of ether oxygens (including phenoxy) is 3. The van der Waals surface area contributed by atoms with Crippen LogP contribution in [0.3, 0.4) is 0 Å². The summed E-state index contributed by atoms with van der Waals surface area (Å²) in [7, 11) is -3.38. The molecule has 2 aromatic heterocycles. The number of fused-ring (bicyclic) bond motifs is 1. The predicted octanol–water partition coefficient (Wildman–Crippen LogP) is 6.54. The third kappa shape index (κ3) is 7.46. The fourth-order valence-electron chi connectivity index (χ4n) is 4.42. The minimum absolute atomic E-state index is 0.0429. The van der Waals surface area contributed by atoms with Crippen molar-refractivity contribution in [3.05, 3.63) is 48.5 Å². The fraction of sp³-hybridized carbons (Fsp3) is 0.581. The first-order valence-corrected chi connectivity index (χ1v) is 20.9. The molecule has 0 aliphatic carbocycles. The second kappa shape index (κ2) is 12.9. The van der Waals surface area contributed by atoms with E-state index in [2.05, 4.69) is 88.0 Å². The van der Waals surface area contributed by atoms with Crippen molar-refractivity contribution in [2.24, 2.45) is 0 Å². The molecule has 0 saturated carbocycles. The second-order valence-corrected chi connectivity index (χ2v) is 23.9. The molecule has 0 bridgehead atoms. The zero-order chi connectivity index (χ0) is 33.4. The van der Waals surface area contributed by atoms with E-state index in [-0.39, 0.29) is 28.4 Å². The Bertz CT molecular complexity index is 1500. The van der Waals surface area contributed by atoms with Crippen molar-refractivity contribution in [3.63, 3.8) is 0 Å². The van der Waals surface area contributed by atoms with Gasteiger partial charge in [0.05, 0.1) is 20.0 Å². The lowest BCUT2D eigenvalue weighted by atomic mass is 10.1. The summed E-state index contributed by atoms with van der Waals surface area (Å²) in [5, 5.41) is 2.65. The highest BCUT2D eigenvalue weighted by Gasteiger charge is 2.54. The highest BCUT2D eigenvalue weighted by atomic mass is 28.4. The van der Waals surface area contributed by atoms with Crippen LogP contribution in [-0.4, -0.2) is 80.2 Å². The van der Waals surface area contributed by atoms with Crippen molar-refractivity contribution >= 4 is 45.7 Å². The van der Waals surface area contributed by atoms with E-state index in [0.717, 1.165) is 0 Å². The Morgan fingerprint density at radius 1 is 0.933 bits per heavy atom. The van der Waals surface area contributed by atoms with Crippen LogP contribution >= 0.6 is 0 Å². The Labute approximate surface area is 267 Å². The standard InChI is InChI=1S/C31H47N5O7Si2/c1-30(2,3)44(8,9)40-17-21-23(42-29(38)39-7)24(43-45(10,11)31(4,5)6)28(41-21)36-19-34-22-25(32-18-33-26(22)36)35-27(37)20-15-13-12-14-16-20/h12-16,18-19,21,23-24,28H,17H2,1-11H3,(H,32,33,35,37). The Morgan fingerprint density at radius 2 is 1.58 bits per heavy atom. The molecule has 45 heavy (non-hydrogen) atoms. The maximum atomic E-state index is 12.9. The summed E-state index contributed by atoms with van der Waals surface area (Å²) in [6.07, 6.45) is -0.954. The van der Waals surface area contributed by atoms with Crippen LogP contribution in [-0.2, 0) is 23.1 Å². The van der Waals surface area contributed by atoms with Gasteiger partial charge < -0.3 is 28.4 Å². The number of nitrogens with zero attached hydrogens (tertiary/aromatic N) is 4. The second-order valence-electron chi connectivity index (χ2n) is 14.4. The number of aromatic nitrogens is 4. The molecular formula is C31H47N5O7Si2. The molecule has 0 spiro atoms. The summed E-state index contributed by atoms with van der Waals surface area (Å²) in [6, 6.07) is 8.85. The molecule has 246 valence electrons. The summed E-state index contributed by atoms with van der Waals surface area (Å²) in [6.45, 7) is 21.7. The molecule has 1 aliphatic heterocycles. The Hall–Kier alpha value is -3.18. The largest absolute Gasteiger partial charge is 0.508 e. The molecule has 4 unspecified atom stereocenters. The van der Waals surface area contributed by atoms with Gasteiger partial charge in [0.1, 0.15) is 18.5 Å². The van der Waals surface area contributed by atoms with Crippen LogP contribution in [0, 0.1) is 0 Å².